The summed E-state index contributed by atoms with van der Waals surface area (Å²) in [7, 11) is 1.95. The van der Waals surface area contributed by atoms with Crippen LogP contribution in [0.3, 0.4) is 0 Å². The lowest BCUT2D eigenvalue weighted by molar-refractivity contribution is 0.625. The van der Waals surface area contributed by atoms with Crippen LogP contribution in [0.5, 0.6) is 0 Å². The molecule has 0 radical (unpaired) electrons. The molecule has 17 heavy (non-hydrogen) atoms. The molecule has 0 bridgehead atoms. The van der Waals surface area contributed by atoms with Gasteiger partial charge in [0.25, 0.3) is 0 Å². The van der Waals surface area contributed by atoms with Crippen molar-refractivity contribution in [2.75, 3.05) is 11.9 Å². The van der Waals surface area contributed by atoms with Crippen LogP contribution >= 0.6 is 22.9 Å². The maximum atomic E-state index is 13.4. The Balaban J connectivity index is 2.18. The zero-order valence-electron chi connectivity index (χ0n) is 9.49. The van der Waals surface area contributed by atoms with Crippen molar-refractivity contribution in [2.24, 2.45) is 0 Å². The summed E-state index contributed by atoms with van der Waals surface area (Å²) >= 11 is 7.40. The molecule has 1 aromatic carbocycles. The first-order valence-electron chi connectivity index (χ1n) is 5.26. The van der Waals surface area contributed by atoms with Gasteiger partial charge in [0.05, 0.1) is 0 Å². The summed E-state index contributed by atoms with van der Waals surface area (Å²) in [4.78, 5) is 2.02. The number of nitrogens with zero attached hydrogens (tertiary/aromatic N) is 1. The van der Waals surface area contributed by atoms with Gasteiger partial charge in [-0.3, -0.25) is 0 Å². The van der Waals surface area contributed by atoms with Crippen molar-refractivity contribution < 1.29 is 4.39 Å². The highest BCUT2D eigenvalue weighted by atomic mass is 35.5. The first-order chi connectivity index (χ1) is 8.19. The van der Waals surface area contributed by atoms with Gasteiger partial charge in [0.15, 0.2) is 0 Å². The lowest BCUT2D eigenvalue weighted by Gasteiger charge is -2.19. The second-order valence-corrected chi connectivity index (χ2v) is 4.99. The van der Waals surface area contributed by atoms with Crippen LogP contribution in [-0.4, -0.2) is 7.05 Å². The minimum atomic E-state index is -0.240. The van der Waals surface area contributed by atoms with Crippen LogP contribution in [0.1, 0.15) is 11.1 Å². The Morgan fingerprint density at radius 3 is 2.76 bits per heavy atom. The van der Waals surface area contributed by atoms with Crippen LogP contribution in [-0.2, 0) is 12.4 Å². The third kappa shape index (κ3) is 3.20. The molecule has 90 valence electrons. The Kier molecular flexibility index (Phi) is 4.02. The first kappa shape index (κ1) is 12.4. The van der Waals surface area contributed by atoms with Crippen LogP contribution in [0, 0.1) is 5.82 Å². The van der Waals surface area contributed by atoms with Crippen LogP contribution < -0.4 is 4.90 Å². The average molecular weight is 270 g/mol. The Labute approximate surface area is 109 Å². The van der Waals surface area contributed by atoms with E-state index in [0.717, 1.165) is 17.8 Å². The smallest absolute Gasteiger partial charge is 0.125 e. The first-order valence-corrected chi connectivity index (χ1v) is 6.74. The Morgan fingerprint density at radius 1 is 1.29 bits per heavy atom. The molecule has 2 rings (SSSR count). The number of benzene rings is 1. The summed E-state index contributed by atoms with van der Waals surface area (Å²) in [6, 6.07) is 6.99. The fraction of sp³-hybridized carbons (Fsp3) is 0.231. The van der Waals surface area contributed by atoms with Crippen molar-refractivity contribution in [3.8, 4) is 0 Å². The molecule has 0 N–H and O–H groups in total. The summed E-state index contributed by atoms with van der Waals surface area (Å²) < 4.78 is 13.4. The highest BCUT2D eigenvalue weighted by Gasteiger charge is 2.06. The molecular weight excluding hydrogens is 257 g/mol. The van der Waals surface area contributed by atoms with E-state index in [9.17, 15) is 4.39 Å². The second kappa shape index (κ2) is 5.52. The number of alkyl halides is 1. The molecule has 0 aliphatic carbocycles. The summed E-state index contributed by atoms with van der Waals surface area (Å²) in [5, 5.41) is 4.14. The highest BCUT2D eigenvalue weighted by molar-refractivity contribution is 7.07. The lowest BCUT2D eigenvalue weighted by atomic mass is 10.2. The van der Waals surface area contributed by atoms with E-state index >= 15 is 0 Å². The van der Waals surface area contributed by atoms with Crippen molar-refractivity contribution in [1.82, 2.24) is 0 Å². The molecule has 2 aromatic rings. The predicted octanol–water partition coefficient (Wildman–Crippen LogP) is 4.26. The number of hydrogen-bond acceptors (Lipinski definition) is 2. The Bertz CT molecular complexity index is 484. The van der Waals surface area contributed by atoms with Crippen molar-refractivity contribution in [3.63, 3.8) is 0 Å². The van der Waals surface area contributed by atoms with Gasteiger partial charge >= 0.3 is 0 Å². The highest BCUT2D eigenvalue weighted by Crippen LogP contribution is 2.21. The molecule has 0 spiro atoms. The molecule has 0 amide bonds. The minimum Gasteiger partial charge on any atom is -0.370 e. The fourth-order valence-electron chi connectivity index (χ4n) is 1.68. The van der Waals surface area contributed by atoms with E-state index in [1.54, 1.807) is 11.3 Å². The van der Waals surface area contributed by atoms with Gasteiger partial charge in [-0.05, 0) is 46.2 Å². The number of anilines is 1. The van der Waals surface area contributed by atoms with Gasteiger partial charge < -0.3 is 4.90 Å². The van der Waals surface area contributed by atoms with Crippen LogP contribution in [0.15, 0.2) is 35.0 Å². The van der Waals surface area contributed by atoms with Gasteiger partial charge in [0.2, 0.25) is 0 Å². The van der Waals surface area contributed by atoms with E-state index in [0.29, 0.717) is 5.88 Å². The SMILES string of the molecule is CN(Cc1ccsc1)c1cc(F)cc(CCl)c1. The van der Waals surface area contributed by atoms with Crippen molar-refractivity contribution >= 4 is 28.6 Å². The van der Waals surface area contributed by atoms with Gasteiger partial charge in [-0.2, -0.15) is 11.3 Å². The van der Waals surface area contributed by atoms with E-state index in [1.165, 1.54) is 17.7 Å². The molecule has 0 unspecified atom stereocenters. The fourth-order valence-corrected chi connectivity index (χ4v) is 2.49. The van der Waals surface area contributed by atoms with E-state index in [-0.39, 0.29) is 5.82 Å². The van der Waals surface area contributed by atoms with Gasteiger partial charge in [0, 0.05) is 25.2 Å². The average Bonchev–Trinajstić information content (AvgIpc) is 2.81. The van der Waals surface area contributed by atoms with Crippen LogP contribution in [0.4, 0.5) is 10.1 Å². The summed E-state index contributed by atoms with van der Waals surface area (Å²) in [6.45, 7) is 0.772. The van der Waals surface area contributed by atoms with Crippen molar-refractivity contribution in [2.45, 2.75) is 12.4 Å². The monoisotopic (exact) mass is 269 g/mol. The topological polar surface area (TPSA) is 3.24 Å². The molecule has 0 saturated heterocycles. The van der Waals surface area contributed by atoms with Crippen molar-refractivity contribution in [3.05, 3.63) is 52.0 Å². The normalized spacial score (nSPS) is 10.5. The zero-order chi connectivity index (χ0) is 12.3. The maximum absolute atomic E-state index is 13.4. The van der Waals surface area contributed by atoms with E-state index in [2.05, 4.69) is 11.4 Å². The van der Waals surface area contributed by atoms with Crippen LogP contribution in [0.25, 0.3) is 0 Å². The minimum absolute atomic E-state index is 0.240. The molecule has 0 saturated carbocycles. The molecule has 1 aromatic heterocycles. The lowest BCUT2D eigenvalue weighted by Crippen LogP contribution is -2.16. The molecule has 4 heteroatoms. The van der Waals surface area contributed by atoms with Gasteiger partial charge in [0.1, 0.15) is 5.82 Å². The molecular formula is C13H13ClFNS. The van der Waals surface area contributed by atoms with E-state index in [1.807, 2.05) is 23.4 Å². The maximum Gasteiger partial charge on any atom is 0.125 e. The quantitative estimate of drug-likeness (QED) is 0.750. The van der Waals surface area contributed by atoms with Crippen molar-refractivity contribution in [1.29, 1.82) is 0 Å². The summed E-state index contributed by atoms with van der Waals surface area (Å²) in [6.07, 6.45) is 0. The molecule has 0 atom stereocenters. The molecule has 0 aliphatic heterocycles. The van der Waals surface area contributed by atoms with Crippen LogP contribution in [0.2, 0.25) is 0 Å². The largest absolute Gasteiger partial charge is 0.370 e. The summed E-state index contributed by atoms with van der Waals surface area (Å²) in [5.41, 5.74) is 2.89. The Hall–Kier alpha value is -1.06. The molecule has 1 heterocycles. The van der Waals surface area contributed by atoms with E-state index < -0.39 is 0 Å². The standard InChI is InChI=1S/C13H13ClFNS/c1-16(8-10-2-3-17-9-10)13-5-11(7-14)4-12(15)6-13/h2-6,9H,7-8H2,1H3. The zero-order valence-corrected chi connectivity index (χ0v) is 11.1. The summed E-state index contributed by atoms with van der Waals surface area (Å²) in [5.74, 6) is 0.0900. The van der Waals surface area contributed by atoms with E-state index in [4.69, 9.17) is 11.6 Å². The van der Waals surface area contributed by atoms with Gasteiger partial charge in [-0.1, -0.05) is 0 Å². The number of halogens is 2. The number of hydrogen-bond donors (Lipinski definition) is 0. The Morgan fingerprint density at radius 2 is 2.12 bits per heavy atom. The third-order valence-corrected chi connectivity index (χ3v) is 3.58. The predicted molar refractivity (Wildman–Crippen MR) is 72.4 cm³/mol. The molecule has 1 nitrogen and oxygen atoms in total. The van der Waals surface area contributed by atoms with Gasteiger partial charge in [-0.15, -0.1) is 11.6 Å². The van der Waals surface area contributed by atoms with Gasteiger partial charge in [-0.25, -0.2) is 4.39 Å². The molecule has 0 aliphatic rings. The number of thiophene rings is 1. The third-order valence-electron chi connectivity index (χ3n) is 2.54. The second-order valence-electron chi connectivity index (χ2n) is 3.94. The molecule has 0 fully saturated rings. The number of rotatable bonds is 4.